The number of hydrogen-bond donors (Lipinski definition) is 0. The van der Waals surface area contributed by atoms with Gasteiger partial charge in [0.15, 0.2) is 5.31 Å². The zero-order chi connectivity index (χ0) is 18.6. The zero-order valence-electron chi connectivity index (χ0n) is 12.7. The molecule has 0 saturated heterocycles. The number of nitriles is 1. The Morgan fingerprint density at radius 2 is 1.50 bits per heavy atom. The van der Waals surface area contributed by atoms with E-state index in [2.05, 4.69) is 9.78 Å². The zero-order valence-corrected chi connectivity index (χ0v) is 16.8. The Balaban J connectivity index is 6.37. The predicted molar refractivity (Wildman–Crippen MR) is 101 cm³/mol. The molecule has 24 heavy (non-hydrogen) atoms. The van der Waals surface area contributed by atoms with Gasteiger partial charge < -0.3 is 0 Å². The summed E-state index contributed by atoms with van der Waals surface area (Å²) in [6.07, 6.45) is 2.56. The van der Waals surface area contributed by atoms with Crippen molar-refractivity contribution in [2.75, 3.05) is 13.2 Å². The first kappa shape index (κ1) is 23.5. The molecular weight excluding hydrogens is 416 g/mol. The van der Waals surface area contributed by atoms with Crippen LogP contribution in [0.4, 0.5) is 0 Å². The van der Waals surface area contributed by atoms with Gasteiger partial charge in [0.05, 0.1) is 13.2 Å². The van der Waals surface area contributed by atoms with Crippen molar-refractivity contribution in [2.45, 2.75) is 13.8 Å². The Morgan fingerprint density at radius 1 is 1.08 bits per heavy atom. The summed E-state index contributed by atoms with van der Waals surface area (Å²) in [5.74, 6) is 0. The molecule has 0 heterocycles. The molecule has 0 radical (unpaired) electrons. The molecule has 0 N–H and O–H groups in total. The quantitative estimate of drug-likeness (QED) is 0.111. The molecule has 0 amide bonds. The lowest BCUT2D eigenvalue weighted by Gasteiger charge is -2.17. The Labute approximate surface area is 161 Å². The van der Waals surface area contributed by atoms with Crippen LogP contribution >= 0.6 is 55.2 Å². The van der Waals surface area contributed by atoms with E-state index in [0.29, 0.717) is 0 Å². The van der Waals surface area contributed by atoms with E-state index in [9.17, 15) is 9.83 Å². The molecule has 0 aromatic heterocycles. The second kappa shape index (κ2) is 12.8. The van der Waals surface area contributed by atoms with Crippen LogP contribution in [0.5, 0.6) is 0 Å². The molecule has 0 rings (SSSR count). The van der Waals surface area contributed by atoms with Crippen LogP contribution < -0.4 is 0 Å². The first-order valence-corrected chi connectivity index (χ1v) is 9.64. The van der Waals surface area contributed by atoms with Gasteiger partial charge in [0, 0.05) is 26.4 Å². The molecule has 0 bridgehead atoms. The average Bonchev–Trinajstić information content (AvgIpc) is 2.56. The molecular formula is C13H14Cl2NO5PS2. The van der Waals surface area contributed by atoms with E-state index in [0.717, 1.165) is 11.1 Å². The third-order valence-corrected chi connectivity index (χ3v) is 4.48. The summed E-state index contributed by atoms with van der Waals surface area (Å²) in [5, 5.41) is 8.98. The molecule has 0 aliphatic heterocycles. The summed E-state index contributed by atoms with van der Waals surface area (Å²) < 4.78 is 22.4. The minimum atomic E-state index is -4.33. The van der Waals surface area contributed by atoms with Crippen LogP contribution in [0.2, 0.25) is 0 Å². The maximum Gasteiger partial charge on any atom is 0.426 e. The summed E-state index contributed by atoms with van der Waals surface area (Å²) >= 11 is 21.3. The number of halogens is 2. The molecule has 0 fully saturated rings. The Kier molecular flexibility index (Phi) is 12.6. The van der Waals surface area contributed by atoms with Gasteiger partial charge in [0.1, 0.15) is 6.07 Å². The van der Waals surface area contributed by atoms with E-state index in [1.54, 1.807) is 19.9 Å². The van der Waals surface area contributed by atoms with Crippen molar-refractivity contribution in [2.24, 2.45) is 0 Å². The molecule has 0 aromatic carbocycles. The third kappa shape index (κ3) is 7.19. The van der Waals surface area contributed by atoms with E-state index < -0.39 is 12.9 Å². The monoisotopic (exact) mass is 429 g/mol. The second-order valence-corrected chi connectivity index (χ2v) is 6.73. The van der Waals surface area contributed by atoms with Crippen LogP contribution in [0.1, 0.15) is 13.8 Å². The third-order valence-electron chi connectivity index (χ3n) is 2.08. The molecule has 132 valence electrons. The van der Waals surface area contributed by atoms with Gasteiger partial charge in [-0.05, 0) is 26.0 Å². The van der Waals surface area contributed by atoms with Gasteiger partial charge >= 0.3 is 7.60 Å². The maximum absolute atomic E-state index is 12.9. The molecule has 0 atom stereocenters. The van der Waals surface area contributed by atoms with Gasteiger partial charge in [-0.1, -0.05) is 47.6 Å². The van der Waals surface area contributed by atoms with Crippen molar-refractivity contribution >= 4 is 65.0 Å². The number of allylic oxidation sites excluding steroid dienone is 4. The molecule has 6 nitrogen and oxygen atoms in total. The number of rotatable bonds is 11. The molecule has 0 unspecified atom stereocenters. The highest BCUT2D eigenvalue weighted by atomic mass is 35.5. The fourth-order valence-electron chi connectivity index (χ4n) is 1.22. The average molecular weight is 430 g/mol. The fourth-order valence-corrected chi connectivity index (χ4v) is 3.70. The topological polar surface area (TPSA) is 77.8 Å². The largest absolute Gasteiger partial charge is 0.426 e. The molecule has 11 heteroatoms. The van der Waals surface area contributed by atoms with E-state index in [1.165, 1.54) is 12.2 Å². The lowest BCUT2D eigenvalue weighted by Crippen LogP contribution is -2.11. The molecule has 0 saturated carbocycles. The summed E-state index contributed by atoms with van der Waals surface area (Å²) in [5.41, 5.74) is 2.16. The van der Waals surface area contributed by atoms with Crippen molar-refractivity contribution in [1.82, 2.24) is 0 Å². The smallest absolute Gasteiger partial charge is 0.249 e. The minimum absolute atomic E-state index is 0.0294. The van der Waals surface area contributed by atoms with E-state index >= 15 is 0 Å². The highest BCUT2D eigenvalue weighted by molar-refractivity contribution is 7.83. The van der Waals surface area contributed by atoms with E-state index in [1.807, 2.05) is 0 Å². The van der Waals surface area contributed by atoms with E-state index in [-0.39, 0.29) is 28.5 Å². The number of hydrogen-bond acceptors (Lipinski definition) is 8. The highest BCUT2D eigenvalue weighted by Crippen LogP contribution is 2.57. The Hall–Kier alpha value is -0.460. The van der Waals surface area contributed by atoms with Gasteiger partial charge in [-0.15, -0.1) is 9.35 Å². The first-order chi connectivity index (χ1) is 11.4. The van der Waals surface area contributed by atoms with Gasteiger partial charge in [-0.25, -0.2) is 14.3 Å². The van der Waals surface area contributed by atoms with Crippen molar-refractivity contribution < 1.29 is 23.7 Å². The standard InChI is InChI=1S/C13H14Cl2NO5PS2/c1-3-18-20-22(17,21-19-4-2)10(9-16)13(11(23)5-7-14)12(24)6-8-15/h5-8H,3-4H2,1-2H3. The summed E-state index contributed by atoms with van der Waals surface area (Å²) in [6, 6.07) is 1.72. The molecule has 0 aliphatic rings. The lowest BCUT2D eigenvalue weighted by molar-refractivity contribution is -0.261. The Morgan fingerprint density at radius 3 is 1.79 bits per heavy atom. The van der Waals surface area contributed by atoms with Gasteiger partial charge in [-0.2, -0.15) is 5.26 Å². The van der Waals surface area contributed by atoms with Crippen LogP contribution in [0, 0.1) is 11.3 Å². The second-order valence-electron chi connectivity index (χ2n) is 3.61. The molecule has 0 aliphatic carbocycles. The van der Waals surface area contributed by atoms with Crippen molar-refractivity contribution in [3.63, 3.8) is 0 Å². The van der Waals surface area contributed by atoms with Crippen LogP contribution in [-0.2, 0) is 23.7 Å². The van der Waals surface area contributed by atoms with Crippen LogP contribution in [0.15, 0.2) is 34.1 Å². The first-order valence-electron chi connectivity index (χ1n) is 6.41. The molecule has 0 spiro atoms. The lowest BCUT2D eigenvalue weighted by atomic mass is 10.1. The number of thiocarbonyl (C=S) groups is 2. The van der Waals surface area contributed by atoms with Crippen molar-refractivity contribution in [1.29, 1.82) is 5.26 Å². The van der Waals surface area contributed by atoms with Gasteiger partial charge in [0.25, 0.3) is 0 Å². The van der Waals surface area contributed by atoms with E-state index in [4.69, 9.17) is 57.0 Å². The van der Waals surface area contributed by atoms with Crippen LogP contribution in [0.3, 0.4) is 0 Å². The van der Waals surface area contributed by atoms with Crippen LogP contribution in [-0.4, -0.2) is 22.9 Å². The summed E-state index contributed by atoms with van der Waals surface area (Å²) in [7, 11) is -4.33. The predicted octanol–water partition coefficient (Wildman–Crippen LogP) is 5.14. The highest BCUT2D eigenvalue weighted by Gasteiger charge is 2.38. The SMILES string of the molecule is CCOOP(=O)(OOCC)C(C#N)=C(C(=S)C=CCl)C(=S)C=CCl. The summed E-state index contributed by atoms with van der Waals surface area (Å²) in [4.78, 5) is 9.42. The van der Waals surface area contributed by atoms with Gasteiger partial charge in [0.2, 0.25) is 0 Å². The van der Waals surface area contributed by atoms with Gasteiger partial charge in [-0.3, -0.25) is 0 Å². The number of nitrogens with zero attached hydrogens (tertiary/aromatic N) is 1. The fraction of sp³-hybridized carbons (Fsp3) is 0.308. The van der Waals surface area contributed by atoms with Crippen LogP contribution in [0.25, 0.3) is 0 Å². The van der Waals surface area contributed by atoms with Crippen molar-refractivity contribution in [3.8, 4) is 6.07 Å². The normalized spacial score (nSPS) is 11.6. The molecule has 0 aromatic rings. The maximum atomic E-state index is 12.9. The Bertz CT molecular complexity index is 605. The van der Waals surface area contributed by atoms with Crippen molar-refractivity contribution in [3.05, 3.63) is 34.1 Å². The minimum Gasteiger partial charge on any atom is -0.249 e. The summed E-state index contributed by atoms with van der Waals surface area (Å²) in [6.45, 7) is 3.27.